The number of hydrogen-bond donors (Lipinski definition) is 0. The van der Waals surface area contributed by atoms with Crippen molar-refractivity contribution in [3.63, 3.8) is 0 Å². The van der Waals surface area contributed by atoms with Crippen LogP contribution in [0.4, 0.5) is 35.1 Å². The zero-order valence-electron chi connectivity index (χ0n) is 10.7. The van der Waals surface area contributed by atoms with Gasteiger partial charge in [-0.05, 0) is 0 Å². The van der Waals surface area contributed by atoms with Gasteiger partial charge < -0.3 is 0 Å². The minimum Gasteiger partial charge on any atom is -0.247 e. The van der Waals surface area contributed by atoms with E-state index in [0.717, 1.165) is 12.1 Å². The first-order valence-corrected chi connectivity index (χ1v) is 5.78. The van der Waals surface area contributed by atoms with Gasteiger partial charge in [0.05, 0.1) is 33.4 Å². The normalized spacial score (nSPS) is 23.9. The molecule has 0 radical (unpaired) electrons. The molecular weight excluding hydrogens is 356 g/mol. The van der Waals surface area contributed by atoms with Gasteiger partial charge in [-0.2, -0.15) is 45.6 Å². The van der Waals surface area contributed by atoms with Gasteiger partial charge in [-0.3, -0.25) is 0 Å². The molecule has 24 heavy (non-hydrogen) atoms. The second kappa shape index (κ2) is 4.15. The molecule has 2 aliphatic rings. The predicted octanol–water partition coefficient (Wildman–Crippen LogP) is 3.69. The molecule has 0 aliphatic carbocycles. The third-order valence-electron chi connectivity index (χ3n) is 3.40. The number of ether oxygens (including phenoxy) is 2. The Bertz CT molecular complexity index is 741. The van der Waals surface area contributed by atoms with Crippen LogP contribution >= 0.6 is 0 Å². The lowest BCUT2D eigenvalue weighted by Gasteiger charge is -2.15. The van der Waals surface area contributed by atoms with Gasteiger partial charge in [-0.25, -0.2) is 9.47 Å². The molecule has 0 atom stereocenters. The van der Waals surface area contributed by atoms with E-state index in [1.807, 2.05) is 0 Å². The van der Waals surface area contributed by atoms with E-state index in [1.165, 1.54) is 0 Å². The Morgan fingerprint density at radius 1 is 0.542 bits per heavy atom. The summed E-state index contributed by atoms with van der Waals surface area (Å²) in [4.78, 5) is 0. The molecule has 126 valence electrons. The molecule has 0 bridgehead atoms. The second-order valence-corrected chi connectivity index (χ2v) is 4.74. The molecule has 2 heterocycles. The Labute approximate surface area is 126 Å². The average molecular weight is 356 g/mol. The second-order valence-electron chi connectivity index (χ2n) is 4.74. The zero-order valence-corrected chi connectivity index (χ0v) is 10.7. The summed E-state index contributed by atoms with van der Waals surface area (Å²) in [6.45, 7) is 0. The number of alkyl halides is 8. The highest BCUT2D eigenvalue weighted by Gasteiger charge is 2.67. The molecule has 12 heteroatoms. The van der Waals surface area contributed by atoms with Crippen molar-refractivity contribution in [3.8, 4) is 12.1 Å². The van der Waals surface area contributed by atoms with Crippen LogP contribution in [0.2, 0.25) is 0 Å². The van der Waals surface area contributed by atoms with E-state index in [1.54, 1.807) is 0 Å². The van der Waals surface area contributed by atoms with Crippen LogP contribution in [-0.4, -0.2) is 0 Å². The standard InChI is InChI=1S/C12F8N2O2/c13-9(14)5-3(1-21)6-8(12(19,20)24-10(6,15)16)4(2-22)7(5)11(17,18)23-9. The summed E-state index contributed by atoms with van der Waals surface area (Å²) in [6.07, 6.45) is -19.8. The molecule has 0 fully saturated rings. The van der Waals surface area contributed by atoms with Gasteiger partial charge in [0.2, 0.25) is 0 Å². The maximum absolute atomic E-state index is 13.7. The quantitative estimate of drug-likeness (QED) is 0.665. The monoisotopic (exact) mass is 356 g/mol. The fraction of sp³-hybridized carbons (Fsp3) is 0.333. The molecule has 0 saturated heterocycles. The lowest BCUT2D eigenvalue weighted by molar-refractivity contribution is -0.371. The van der Waals surface area contributed by atoms with Crippen LogP contribution in [0.1, 0.15) is 33.4 Å². The third-order valence-corrected chi connectivity index (χ3v) is 3.40. The van der Waals surface area contributed by atoms with E-state index in [-0.39, 0.29) is 0 Å². The van der Waals surface area contributed by atoms with Gasteiger partial charge in [0.25, 0.3) is 0 Å². The van der Waals surface area contributed by atoms with Crippen LogP contribution in [0.25, 0.3) is 0 Å². The topological polar surface area (TPSA) is 66.0 Å². The van der Waals surface area contributed by atoms with Gasteiger partial charge in [0.1, 0.15) is 12.1 Å². The van der Waals surface area contributed by atoms with E-state index >= 15 is 0 Å². The SMILES string of the molecule is N#Cc1c2c(c(C#N)c3c1C(F)(F)OC3(F)F)C(F)(F)OC2(F)F. The number of nitrogens with zero attached hydrogens (tertiary/aromatic N) is 2. The third kappa shape index (κ3) is 1.78. The fourth-order valence-electron chi connectivity index (χ4n) is 2.66. The zero-order chi connectivity index (χ0) is 18.3. The largest absolute Gasteiger partial charge is 0.389 e. The van der Waals surface area contributed by atoms with E-state index in [4.69, 9.17) is 10.5 Å². The first-order chi connectivity index (χ1) is 10.8. The van der Waals surface area contributed by atoms with Crippen molar-refractivity contribution in [1.29, 1.82) is 10.5 Å². The van der Waals surface area contributed by atoms with Crippen LogP contribution in [-0.2, 0) is 33.9 Å². The predicted molar refractivity (Wildman–Crippen MR) is 53.6 cm³/mol. The van der Waals surface area contributed by atoms with Crippen molar-refractivity contribution in [2.75, 3.05) is 0 Å². The maximum Gasteiger partial charge on any atom is 0.389 e. The minimum absolute atomic E-state index is 0.770. The highest BCUT2D eigenvalue weighted by Crippen LogP contribution is 2.61. The molecule has 3 rings (SSSR count). The van der Waals surface area contributed by atoms with Crippen molar-refractivity contribution >= 4 is 0 Å². The average Bonchev–Trinajstić information content (AvgIpc) is 2.72. The molecule has 0 saturated carbocycles. The van der Waals surface area contributed by atoms with Crippen molar-refractivity contribution in [2.45, 2.75) is 24.4 Å². The number of benzene rings is 1. The Balaban J connectivity index is 2.63. The summed E-state index contributed by atoms with van der Waals surface area (Å²) in [7, 11) is 0. The molecule has 0 aromatic heterocycles. The molecule has 1 aromatic rings. The summed E-state index contributed by atoms with van der Waals surface area (Å²) in [5.74, 6) is 0. The smallest absolute Gasteiger partial charge is 0.247 e. The first kappa shape index (κ1) is 16.4. The molecule has 2 aliphatic heterocycles. The van der Waals surface area contributed by atoms with E-state index in [0.29, 0.717) is 0 Å². The van der Waals surface area contributed by atoms with Gasteiger partial charge >= 0.3 is 24.4 Å². The molecule has 4 nitrogen and oxygen atoms in total. The van der Waals surface area contributed by atoms with Crippen LogP contribution in [0.3, 0.4) is 0 Å². The van der Waals surface area contributed by atoms with Crippen LogP contribution in [0, 0.1) is 22.7 Å². The first-order valence-electron chi connectivity index (χ1n) is 5.78. The number of rotatable bonds is 0. The Hall–Kier alpha value is -2.44. The van der Waals surface area contributed by atoms with Crippen LogP contribution < -0.4 is 0 Å². The highest BCUT2D eigenvalue weighted by atomic mass is 19.3. The number of nitriles is 2. The van der Waals surface area contributed by atoms with Crippen molar-refractivity contribution in [3.05, 3.63) is 33.4 Å². The lowest BCUT2D eigenvalue weighted by Crippen LogP contribution is -2.20. The number of fused-ring (bicyclic) bond motifs is 2. The Morgan fingerprint density at radius 2 is 0.750 bits per heavy atom. The summed E-state index contributed by atoms with van der Waals surface area (Å²) >= 11 is 0. The number of hydrogen-bond acceptors (Lipinski definition) is 4. The maximum atomic E-state index is 13.7. The fourth-order valence-corrected chi connectivity index (χ4v) is 2.66. The summed E-state index contributed by atoms with van der Waals surface area (Å²) in [6, 6.07) is 1.54. The highest BCUT2D eigenvalue weighted by molar-refractivity contribution is 5.66. The van der Waals surface area contributed by atoms with Crippen molar-refractivity contribution < 1.29 is 44.6 Å². The van der Waals surface area contributed by atoms with Crippen LogP contribution in [0.15, 0.2) is 0 Å². The van der Waals surface area contributed by atoms with Crippen LogP contribution in [0.5, 0.6) is 0 Å². The Kier molecular flexibility index (Phi) is 2.84. The molecular formula is C12F8N2O2. The molecule has 0 spiro atoms. The summed E-state index contributed by atoms with van der Waals surface area (Å²) in [5.41, 5.74) is -12.0. The van der Waals surface area contributed by atoms with Gasteiger partial charge in [0, 0.05) is 0 Å². The van der Waals surface area contributed by atoms with E-state index in [2.05, 4.69) is 9.47 Å². The van der Waals surface area contributed by atoms with Gasteiger partial charge in [-0.1, -0.05) is 0 Å². The van der Waals surface area contributed by atoms with E-state index in [9.17, 15) is 35.1 Å². The molecule has 0 unspecified atom stereocenters. The van der Waals surface area contributed by atoms with Gasteiger partial charge in [0.15, 0.2) is 0 Å². The molecule has 1 aromatic carbocycles. The van der Waals surface area contributed by atoms with Crippen molar-refractivity contribution in [2.24, 2.45) is 0 Å². The number of halogens is 8. The lowest BCUT2D eigenvalue weighted by atomic mass is 9.87. The van der Waals surface area contributed by atoms with Gasteiger partial charge in [-0.15, -0.1) is 0 Å². The molecule has 0 N–H and O–H groups in total. The molecule has 0 amide bonds. The summed E-state index contributed by atoms with van der Waals surface area (Å²) in [5, 5.41) is 17.7. The van der Waals surface area contributed by atoms with E-state index < -0.39 is 57.8 Å². The Morgan fingerprint density at radius 3 is 0.917 bits per heavy atom. The summed E-state index contributed by atoms with van der Waals surface area (Å²) < 4.78 is 116. The minimum atomic E-state index is -4.96. The van der Waals surface area contributed by atoms with Crippen molar-refractivity contribution in [1.82, 2.24) is 0 Å².